The number of thioether (sulfide) groups is 1. The van der Waals surface area contributed by atoms with Gasteiger partial charge in [-0.05, 0) is 54.8 Å². The van der Waals surface area contributed by atoms with E-state index in [0.29, 0.717) is 22.8 Å². The molecule has 0 fully saturated rings. The van der Waals surface area contributed by atoms with Gasteiger partial charge in [-0.2, -0.15) is 10.1 Å². The number of anilines is 1. The van der Waals surface area contributed by atoms with Gasteiger partial charge in [0.15, 0.2) is 5.17 Å². The van der Waals surface area contributed by atoms with Crippen LogP contribution in [0.15, 0.2) is 76.8 Å². The maximum Gasteiger partial charge on any atom is 0.262 e. The van der Waals surface area contributed by atoms with Gasteiger partial charge in [0.05, 0.1) is 18.9 Å². The molecule has 2 aliphatic heterocycles. The second-order valence-corrected chi connectivity index (χ2v) is 10.5. The molecule has 0 saturated carbocycles. The lowest BCUT2D eigenvalue weighted by Crippen LogP contribution is -2.25. The zero-order valence-corrected chi connectivity index (χ0v) is 22.1. The first-order chi connectivity index (χ1) is 18.3. The Labute approximate surface area is 224 Å². The Hall–Kier alpha value is -3.98. The molecule has 3 aromatic carbocycles. The van der Waals surface area contributed by atoms with Crippen molar-refractivity contribution in [3.63, 3.8) is 0 Å². The number of aliphatic imine (C=N–C) groups is 1. The van der Waals surface area contributed by atoms with E-state index in [4.69, 9.17) is 9.84 Å². The van der Waals surface area contributed by atoms with Crippen molar-refractivity contribution in [3.05, 3.63) is 94.8 Å². The number of hydrogen-bond acceptors (Lipinski definition) is 6. The summed E-state index contributed by atoms with van der Waals surface area (Å²) in [5.74, 6) is -0.420. The fourth-order valence-corrected chi connectivity index (χ4v) is 5.41. The quantitative estimate of drug-likeness (QED) is 0.447. The number of amidine groups is 1. The average molecular weight is 531 g/mol. The van der Waals surface area contributed by atoms with Crippen LogP contribution in [0.1, 0.15) is 41.1 Å². The van der Waals surface area contributed by atoms with Crippen molar-refractivity contribution in [2.24, 2.45) is 10.1 Å². The SMILES string of the molecule is COc1ccc([C@H]2CC(c3ccc(C)cc3)=NN2C2=NC(=O)[C@H](CC(=O)Nc3ccc(C)c(F)c3)S2)cc1. The van der Waals surface area contributed by atoms with Gasteiger partial charge in [-0.1, -0.05) is 59.8 Å². The van der Waals surface area contributed by atoms with Crippen molar-refractivity contribution in [2.45, 2.75) is 38.0 Å². The molecule has 7 nitrogen and oxygen atoms in total. The summed E-state index contributed by atoms with van der Waals surface area (Å²) in [5, 5.41) is 9.10. The number of carbonyl (C=O) groups is 2. The second-order valence-electron chi connectivity index (χ2n) is 9.31. The number of hydrogen-bond donors (Lipinski definition) is 1. The molecule has 5 rings (SSSR count). The number of benzene rings is 3. The third kappa shape index (κ3) is 5.47. The first-order valence-corrected chi connectivity index (χ1v) is 13.1. The third-order valence-electron chi connectivity index (χ3n) is 6.55. The number of carbonyl (C=O) groups excluding carboxylic acids is 2. The number of nitrogens with zero attached hydrogens (tertiary/aromatic N) is 3. The van der Waals surface area contributed by atoms with Crippen molar-refractivity contribution in [3.8, 4) is 5.75 Å². The van der Waals surface area contributed by atoms with Gasteiger partial charge in [-0.3, -0.25) is 9.59 Å². The minimum absolute atomic E-state index is 0.0818. The smallest absolute Gasteiger partial charge is 0.262 e. The van der Waals surface area contributed by atoms with Gasteiger partial charge in [0, 0.05) is 18.5 Å². The molecular formula is C29H27FN4O3S. The molecule has 0 radical (unpaired) electrons. The summed E-state index contributed by atoms with van der Waals surface area (Å²) >= 11 is 1.23. The minimum atomic E-state index is -0.685. The van der Waals surface area contributed by atoms with Crippen molar-refractivity contribution in [1.82, 2.24) is 5.01 Å². The highest BCUT2D eigenvalue weighted by Crippen LogP contribution is 2.39. The molecule has 9 heteroatoms. The first-order valence-electron chi connectivity index (χ1n) is 12.2. The molecule has 38 heavy (non-hydrogen) atoms. The van der Waals surface area contributed by atoms with Gasteiger partial charge < -0.3 is 10.1 Å². The Morgan fingerprint density at radius 3 is 2.53 bits per heavy atom. The lowest BCUT2D eigenvalue weighted by molar-refractivity contribution is -0.121. The van der Waals surface area contributed by atoms with Crippen LogP contribution in [0.4, 0.5) is 10.1 Å². The summed E-state index contributed by atoms with van der Waals surface area (Å²) < 4.78 is 19.2. The van der Waals surface area contributed by atoms with Crippen LogP contribution < -0.4 is 10.1 Å². The van der Waals surface area contributed by atoms with E-state index in [1.165, 1.54) is 17.8 Å². The van der Waals surface area contributed by atoms with E-state index >= 15 is 0 Å². The summed E-state index contributed by atoms with van der Waals surface area (Å²) in [4.78, 5) is 29.7. The highest BCUT2D eigenvalue weighted by molar-refractivity contribution is 8.15. The van der Waals surface area contributed by atoms with Crippen LogP contribution in [0.5, 0.6) is 5.75 Å². The van der Waals surface area contributed by atoms with E-state index in [9.17, 15) is 14.0 Å². The standard InChI is InChI=1S/C29H27FN4O3S/c1-17-4-7-19(8-5-17)24-15-25(20-9-12-22(37-3)13-10-20)34(33-24)29-32-28(36)26(38-29)16-27(35)31-21-11-6-18(2)23(30)14-21/h4-14,25-26H,15-16H2,1-3H3,(H,31,35)/t25-,26+/m1/s1. The molecule has 2 aliphatic rings. The maximum absolute atomic E-state index is 13.9. The molecule has 194 valence electrons. The molecule has 0 unspecified atom stereocenters. The number of halogens is 1. The van der Waals surface area contributed by atoms with Crippen molar-refractivity contribution >= 4 is 40.1 Å². The van der Waals surface area contributed by atoms with Crippen molar-refractivity contribution < 1.29 is 18.7 Å². The van der Waals surface area contributed by atoms with Crippen LogP contribution >= 0.6 is 11.8 Å². The molecule has 2 atom stereocenters. The predicted octanol–water partition coefficient (Wildman–Crippen LogP) is 5.63. The fourth-order valence-electron chi connectivity index (χ4n) is 4.35. The molecular weight excluding hydrogens is 503 g/mol. The molecule has 0 aliphatic carbocycles. The number of amides is 2. The van der Waals surface area contributed by atoms with E-state index in [-0.39, 0.29) is 24.3 Å². The average Bonchev–Trinajstić information content (AvgIpc) is 3.50. The maximum atomic E-state index is 13.9. The number of nitrogens with one attached hydrogen (secondary N) is 1. The summed E-state index contributed by atoms with van der Waals surface area (Å²) in [6.07, 6.45) is 0.550. The second kappa shape index (κ2) is 10.8. The predicted molar refractivity (Wildman–Crippen MR) is 148 cm³/mol. The summed E-state index contributed by atoms with van der Waals surface area (Å²) in [6, 6.07) is 20.3. The molecule has 0 aromatic heterocycles. The van der Waals surface area contributed by atoms with E-state index in [1.54, 1.807) is 31.2 Å². The number of aryl methyl sites for hydroxylation is 2. The number of rotatable bonds is 6. The Morgan fingerprint density at radius 2 is 1.84 bits per heavy atom. The van der Waals surface area contributed by atoms with Gasteiger partial charge in [-0.25, -0.2) is 9.40 Å². The molecule has 2 amide bonds. The molecule has 3 aromatic rings. The zero-order valence-electron chi connectivity index (χ0n) is 21.3. The van der Waals surface area contributed by atoms with Gasteiger partial charge in [0.2, 0.25) is 5.91 Å². The van der Waals surface area contributed by atoms with Gasteiger partial charge >= 0.3 is 0 Å². The van der Waals surface area contributed by atoms with Crippen LogP contribution in [0.25, 0.3) is 0 Å². The molecule has 0 saturated heterocycles. The van der Waals surface area contributed by atoms with Gasteiger partial charge in [-0.15, -0.1) is 0 Å². The Bertz CT molecular complexity index is 1440. The van der Waals surface area contributed by atoms with E-state index in [0.717, 1.165) is 28.2 Å². The highest BCUT2D eigenvalue weighted by atomic mass is 32.2. The summed E-state index contributed by atoms with van der Waals surface area (Å²) in [6.45, 7) is 3.69. The van der Waals surface area contributed by atoms with E-state index in [1.807, 2.05) is 55.5 Å². The number of methoxy groups -OCH3 is 1. The lowest BCUT2D eigenvalue weighted by Gasteiger charge is -2.23. The number of ether oxygens (including phenoxy) is 1. The summed E-state index contributed by atoms with van der Waals surface area (Å²) in [5.41, 5.74) is 4.91. The number of hydrazone groups is 1. The lowest BCUT2D eigenvalue weighted by atomic mass is 9.98. The van der Waals surface area contributed by atoms with Crippen molar-refractivity contribution in [1.29, 1.82) is 0 Å². The van der Waals surface area contributed by atoms with E-state index in [2.05, 4.69) is 10.3 Å². The molecule has 1 N–H and O–H groups in total. The Balaban J connectivity index is 1.34. The van der Waals surface area contributed by atoms with Crippen LogP contribution in [0, 0.1) is 19.7 Å². The Morgan fingerprint density at radius 1 is 1.11 bits per heavy atom. The van der Waals surface area contributed by atoms with Crippen LogP contribution in [-0.2, 0) is 9.59 Å². The van der Waals surface area contributed by atoms with Crippen LogP contribution in [-0.4, -0.2) is 40.1 Å². The fraction of sp³-hybridized carbons (Fsp3) is 0.241. The largest absolute Gasteiger partial charge is 0.497 e. The topological polar surface area (TPSA) is 83.4 Å². The van der Waals surface area contributed by atoms with E-state index < -0.39 is 11.1 Å². The zero-order chi connectivity index (χ0) is 26.8. The highest BCUT2D eigenvalue weighted by Gasteiger charge is 2.39. The monoisotopic (exact) mass is 530 g/mol. The minimum Gasteiger partial charge on any atom is -0.497 e. The first kappa shape index (κ1) is 25.7. The van der Waals surface area contributed by atoms with Crippen molar-refractivity contribution in [2.75, 3.05) is 12.4 Å². The Kier molecular flexibility index (Phi) is 7.28. The molecule has 0 spiro atoms. The van der Waals surface area contributed by atoms with Gasteiger partial charge in [0.25, 0.3) is 5.91 Å². The molecule has 2 heterocycles. The third-order valence-corrected chi connectivity index (χ3v) is 7.69. The van der Waals surface area contributed by atoms with Crippen LogP contribution in [0.2, 0.25) is 0 Å². The molecule has 0 bridgehead atoms. The normalized spacial score (nSPS) is 18.8. The van der Waals surface area contributed by atoms with Gasteiger partial charge in [0.1, 0.15) is 16.8 Å². The van der Waals surface area contributed by atoms with Crippen LogP contribution in [0.3, 0.4) is 0 Å². The summed E-state index contributed by atoms with van der Waals surface area (Å²) in [7, 11) is 1.62.